The summed E-state index contributed by atoms with van der Waals surface area (Å²) in [4.78, 5) is 8.89. The third-order valence-corrected chi connectivity index (χ3v) is 6.79. The first kappa shape index (κ1) is 17.4. The average molecular weight is 398 g/mol. The molecule has 1 aromatic carbocycles. The zero-order valence-electron chi connectivity index (χ0n) is 14.2. The van der Waals surface area contributed by atoms with Gasteiger partial charge in [0.15, 0.2) is 0 Å². The molecule has 0 saturated heterocycles. The molecule has 0 saturated carbocycles. The molecule has 0 radical (unpaired) electrons. The Bertz CT molecular complexity index is 1160. The van der Waals surface area contributed by atoms with Crippen LogP contribution in [0.2, 0.25) is 0 Å². The fourth-order valence-corrected chi connectivity index (χ4v) is 5.02. The SMILES string of the molecule is CN(c1ccccc1)S(=O)(=O)c1ccsc1-c1nc(-c2cccnc2)no1. The third kappa shape index (κ3) is 3.22. The number of hydrogen-bond acceptors (Lipinski definition) is 7. The molecule has 136 valence electrons. The van der Waals surface area contributed by atoms with Gasteiger partial charge in [0.2, 0.25) is 5.82 Å². The van der Waals surface area contributed by atoms with Gasteiger partial charge in [-0.1, -0.05) is 23.4 Å². The molecule has 0 atom stereocenters. The van der Waals surface area contributed by atoms with Gasteiger partial charge in [-0.3, -0.25) is 9.29 Å². The minimum Gasteiger partial charge on any atom is -0.333 e. The maximum Gasteiger partial charge on any atom is 0.269 e. The van der Waals surface area contributed by atoms with Crippen LogP contribution in [0.15, 0.2) is 75.7 Å². The Labute approximate surface area is 160 Å². The summed E-state index contributed by atoms with van der Waals surface area (Å²) in [5, 5.41) is 5.63. The summed E-state index contributed by atoms with van der Waals surface area (Å²) < 4.78 is 32.8. The van der Waals surface area contributed by atoms with Crippen LogP contribution in [0.3, 0.4) is 0 Å². The number of para-hydroxylation sites is 1. The van der Waals surface area contributed by atoms with Gasteiger partial charge in [-0.05, 0) is 35.7 Å². The van der Waals surface area contributed by atoms with Crippen molar-refractivity contribution < 1.29 is 12.9 Å². The molecule has 0 fully saturated rings. The molecule has 0 spiro atoms. The second kappa shape index (κ2) is 6.93. The van der Waals surface area contributed by atoms with E-state index in [4.69, 9.17) is 4.52 Å². The Hall–Kier alpha value is -3.04. The van der Waals surface area contributed by atoms with E-state index in [1.54, 1.807) is 60.2 Å². The first-order chi connectivity index (χ1) is 13.1. The van der Waals surface area contributed by atoms with E-state index in [0.717, 1.165) is 0 Å². The fourth-order valence-electron chi connectivity index (χ4n) is 2.51. The van der Waals surface area contributed by atoms with E-state index in [1.807, 2.05) is 6.07 Å². The lowest BCUT2D eigenvalue weighted by Crippen LogP contribution is -2.26. The van der Waals surface area contributed by atoms with E-state index in [1.165, 1.54) is 22.7 Å². The van der Waals surface area contributed by atoms with Crippen LogP contribution in [0.25, 0.3) is 22.2 Å². The first-order valence-corrected chi connectivity index (χ1v) is 10.3. The average Bonchev–Trinajstić information content (AvgIpc) is 3.38. The van der Waals surface area contributed by atoms with Crippen molar-refractivity contribution >= 4 is 27.0 Å². The molecule has 4 rings (SSSR count). The summed E-state index contributed by atoms with van der Waals surface area (Å²) in [6, 6.07) is 14.0. The summed E-state index contributed by atoms with van der Waals surface area (Å²) in [5.41, 5.74) is 1.26. The van der Waals surface area contributed by atoms with Crippen molar-refractivity contribution in [3.8, 4) is 22.2 Å². The predicted octanol–water partition coefficient (Wildman–Crippen LogP) is 3.69. The molecule has 0 N–H and O–H groups in total. The molecule has 0 aliphatic carbocycles. The topological polar surface area (TPSA) is 89.2 Å². The van der Waals surface area contributed by atoms with Crippen molar-refractivity contribution in [1.82, 2.24) is 15.1 Å². The number of hydrogen-bond donors (Lipinski definition) is 0. The molecular formula is C18H14N4O3S2. The van der Waals surface area contributed by atoms with Crippen LogP contribution in [-0.2, 0) is 10.0 Å². The molecule has 7 nitrogen and oxygen atoms in total. The lowest BCUT2D eigenvalue weighted by molar-refractivity contribution is 0.432. The largest absolute Gasteiger partial charge is 0.333 e. The van der Waals surface area contributed by atoms with E-state index >= 15 is 0 Å². The van der Waals surface area contributed by atoms with Gasteiger partial charge < -0.3 is 4.52 Å². The molecule has 3 heterocycles. The second-order valence-electron chi connectivity index (χ2n) is 5.59. The molecule has 27 heavy (non-hydrogen) atoms. The number of rotatable bonds is 5. The van der Waals surface area contributed by atoms with Crippen LogP contribution >= 0.6 is 11.3 Å². The van der Waals surface area contributed by atoms with Gasteiger partial charge in [-0.15, -0.1) is 11.3 Å². The van der Waals surface area contributed by atoms with Gasteiger partial charge in [-0.25, -0.2) is 8.42 Å². The lowest BCUT2D eigenvalue weighted by atomic mass is 10.3. The number of anilines is 1. The zero-order chi connectivity index (χ0) is 18.9. The van der Waals surface area contributed by atoms with Crippen molar-refractivity contribution in [1.29, 1.82) is 0 Å². The van der Waals surface area contributed by atoms with E-state index in [2.05, 4.69) is 15.1 Å². The van der Waals surface area contributed by atoms with Crippen LogP contribution in [0.5, 0.6) is 0 Å². The monoisotopic (exact) mass is 398 g/mol. The Morgan fingerprint density at radius 1 is 1.07 bits per heavy atom. The first-order valence-electron chi connectivity index (χ1n) is 7.93. The highest BCUT2D eigenvalue weighted by Crippen LogP contribution is 2.35. The molecule has 4 aromatic rings. The number of pyridine rings is 1. The molecule has 9 heteroatoms. The second-order valence-corrected chi connectivity index (χ2v) is 8.44. The van der Waals surface area contributed by atoms with E-state index in [9.17, 15) is 8.42 Å². The van der Waals surface area contributed by atoms with Gasteiger partial charge in [0, 0.05) is 25.0 Å². The maximum absolute atomic E-state index is 13.1. The molecule has 0 bridgehead atoms. The summed E-state index contributed by atoms with van der Waals surface area (Å²) in [5.74, 6) is 0.509. The minimum absolute atomic E-state index is 0.125. The van der Waals surface area contributed by atoms with Crippen LogP contribution in [0.1, 0.15) is 0 Å². The van der Waals surface area contributed by atoms with Crippen molar-refractivity contribution in [3.63, 3.8) is 0 Å². The highest BCUT2D eigenvalue weighted by molar-refractivity contribution is 7.93. The standard InChI is InChI=1S/C18H14N4O3S2/c1-22(14-7-3-2-4-8-14)27(23,24)15-9-11-26-16(15)18-20-17(21-25-18)13-6-5-10-19-12-13/h2-12H,1H3. The lowest BCUT2D eigenvalue weighted by Gasteiger charge is -2.19. The van der Waals surface area contributed by atoms with Crippen LogP contribution in [0.4, 0.5) is 5.69 Å². The van der Waals surface area contributed by atoms with Gasteiger partial charge in [0.1, 0.15) is 9.77 Å². The summed E-state index contributed by atoms with van der Waals surface area (Å²) in [6.45, 7) is 0. The number of thiophene rings is 1. The molecule has 0 unspecified atom stereocenters. The summed E-state index contributed by atoms with van der Waals surface area (Å²) >= 11 is 1.23. The van der Waals surface area contributed by atoms with Gasteiger partial charge in [0.05, 0.1) is 5.69 Å². The summed E-state index contributed by atoms with van der Waals surface area (Å²) in [7, 11) is -2.26. The molecule has 0 amide bonds. The zero-order valence-corrected chi connectivity index (χ0v) is 15.8. The number of nitrogens with zero attached hydrogens (tertiary/aromatic N) is 4. The predicted molar refractivity (Wildman–Crippen MR) is 103 cm³/mol. The third-order valence-electron chi connectivity index (χ3n) is 3.93. The molecule has 0 aliphatic rings. The molecule has 3 aromatic heterocycles. The Morgan fingerprint density at radius 3 is 2.63 bits per heavy atom. The van der Waals surface area contributed by atoms with Crippen molar-refractivity contribution in [2.45, 2.75) is 4.90 Å². The minimum atomic E-state index is -3.78. The number of sulfonamides is 1. The quantitative estimate of drug-likeness (QED) is 0.509. The van der Waals surface area contributed by atoms with Crippen LogP contribution in [-0.4, -0.2) is 30.6 Å². The fraction of sp³-hybridized carbons (Fsp3) is 0.0556. The Morgan fingerprint density at radius 2 is 1.89 bits per heavy atom. The Balaban J connectivity index is 1.72. The van der Waals surface area contributed by atoms with Crippen molar-refractivity contribution in [3.05, 3.63) is 66.3 Å². The smallest absolute Gasteiger partial charge is 0.269 e. The van der Waals surface area contributed by atoms with Gasteiger partial charge in [-0.2, -0.15) is 4.98 Å². The maximum atomic E-state index is 13.1. The van der Waals surface area contributed by atoms with Crippen LogP contribution in [0, 0.1) is 0 Å². The van der Waals surface area contributed by atoms with Crippen molar-refractivity contribution in [2.75, 3.05) is 11.4 Å². The molecular weight excluding hydrogens is 384 g/mol. The normalized spacial score (nSPS) is 11.4. The highest BCUT2D eigenvalue weighted by atomic mass is 32.2. The number of aromatic nitrogens is 3. The summed E-state index contributed by atoms with van der Waals surface area (Å²) in [6.07, 6.45) is 3.26. The van der Waals surface area contributed by atoms with Gasteiger partial charge >= 0.3 is 0 Å². The molecule has 0 aliphatic heterocycles. The van der Waals surface area contributed by atoms with E-state index in [0.29, 0.717) is 22.0 Å². The van der Waals surface area contributed by atoms with Gasteiger partial charge in [0.25, 0.3) is 15.9 Å². The van der Waals surface area contributed by atoms with Crippen molar-refractivity contribution in [2.24, 2.45) is 0 Å². The van der Waals surface area contributed by atoms with Crippen LogP contribution < -0.4 is 4.31 Å². The van der Waals surface area contributed by atoms with E-state index in [-0.39, 0.29) is 10.8 Å². The van der Waals surface area contributed by atoms with E-state index < -0.39 is 10.0 Å². The Kier molecular flexibility index (Phi) is 4.46. The highest BCUT2D eigenvalue weighted by Gasteiger charge is 2.28. The number of benzene rings is 1.